The number of hydrogen-bond donors (Lipinski definition) is 1. The van der Waals surface area contributed by atoms with Crippen LogP contribution in [-0.4, -0.2) is 32.5 Å². The number of hydrogen-bond acceptors (Lipinski definition) is 6. The van der Waals surface area contributed by atoms with E-state index in [2.05, 4.69) is 15.4 Å². The van der Waals surface area contributed by atoms with E-state index in [0.29, 0.717) is 5.82 Å². The van der Waals surface area contributed by atoms with Crippen molar-refractivity contribution in [3.05, 3.63) is 100 Å². The minimum absolute atomic E-state index is 0.0799. The van der Waals surface area contributed by atoms with Crippen LogP contribution < -0.4 is 10.2 Å². The predicted molar refractivity (Wildman–Crippen MR) is 123 cm³/mol. The normalized spacial score (nSPS) is 12.4. The van der Waals surface area contributed by atoms with Gasteiger partial charge in [0, 0.05) is 11.8 Å². The molecule has 0 saturated carbocycles. The molecule has 0 saturated heterocycles. The minimum atomic E-state index is -0.589. The molecule has 0 radical (unpaired) electrons. The number of imide groups is 1. The molecule has 0 atom stereocenters. The average Bonchev–Trinajstić information content (AvgIpc) is 3.38. The third-order valence-corrected chi connectivity index (χ3v) is 5.55. The van der Waals surface area contributed by atoms with Gasteiger partial charge in [-0.25, -0.2) is 9.88 Å². The van der Waals surface area contributed by atoms with Crippen LogP contribution in [0.25, 0.3) is 5.82 Å². The molecule has 2 aromatic carbocycles. The molecule has 0 bridgehead atoms. The average molecular weight is 469 g/mol. The van der Waals surface area contributed by atoms with Crippen LogP contribution in [0.15, 0.2) is 73.1 Å². The molecule has 164 valence electrons. The van der Waals surface area contributed by atoms with Gasteiger partial charge >= 0.3 is 0 Å². The van der Waals surface area contributed by atoms with Gasteiger partial charge in [0.25, 0.3) is 17.7 Å². The minimum Gasteiger partial charge on any atom is -0.305 e. The van der Waals surface area contributed by atoms with Crippen molar-refractivity contribution < 1.29 is 14.4 Å². The highest BCUT2D eigenvalue weighted by Crippen LogP contribution is 2.33. The van der Waals surface area contributed by atoms with Gasteiger partial charge in [-0.15, -0.1) is 0 Å². The zero-order valence-corrected chi connectivity index (χ0v) is 18.0. The van der Waals surface area contributed by atoms with E-state index in [9.17, 15) is 19.6 Å². The largest absolute Gasteiger partial charge is 0.305 e. The second-order valence-corrected chi connectivity index (χ2v) is 7.64. The van der Waals surface area contributed by atoms with Crippen LogP contribution in [0.2, 0.25) is 5.02 Å². The Labute approximate surface area is 197 Å². The van der Waals surface area contributed by atoms with Gasteiger partial charge in [0.05, 0.1) is 28.0 Å². The highest BCUT2D eigenvalue weighted by atomic mass is 35.5. The number of nitriles is 1. The molecule has 0 fully saturated rings. The number of nitrogens with zero attached hydrogens (tertiary/aromatic N) is 5. The van der Waals surface area contributed by atoms with E-state index in [4.69, 9.17) is 11.6 Å². The van der Waals surface area contributed by atoms with Crippen LogP contribution >= 0.6 is 11.6 Å². The number of anilines is 2. The molecule has 1 aliphatic heterocycles. The first-order valence-electron chi connectivity index (χ1n) is 9.98. The first-order valence-corrected chi connectivity index (χ1v) is 10.4. The number of pyridine rings is 1. The van der Waals surface area contributed by atoms with Gasteiger partial charge in [0.15, 0.2) is 11.6 Å². The maximum Gasteiger partial charge on any atom is 0.266 e. The maximum absolute atomic E-state index is 13.0. The van der Waals surface area contributed by atoms with E-state index in [0.717, 1.165) is 4.90 Å². The topological polar surface area (TPSA) is 121 Å². The van der Waals surface area contributed by atoms with Gasteiger partial charge in [-0.1, -0.05) is 29.8 Å². The van der Waals surface area contributed by atoms with E-state index in [1.165, 1.54) is 29.1 Å². The molecule has 3 heterocycles. The molecule has 2 aromatic heterocycles. The van der Waals surface area contributed by atoms with E-state index in [-0.39, 0.29) is 38.8 Å². The van der Waals surface area contributed by atoms with Gasteiger partial charge in [-0.3, -0.25) is 14.4 Å². The van der Waals surface area contributed by atoms with Crippen molar-refractivity contribution in [3.8, 4) is 11.9 Å². The summed E-state index contributed by atoms with van der Waals surface area (Å²) in [5.41, 5.74) is 0.767. The Morgan fingerprint density at radius 1 is 1.00 bits per heavy atom. The van der Waals surface area contributed by atoms with Crippen LogP contribution in [0.5, 0.6) is 0 Å². The molecule has 3 amide bonds. The summed E-state index contributed by atoms with van der Waals surface area (Å²) in [6, 6.07) is 17.8. The summed E-state index contributed by atoms with van der Waals surface area (Å²) >= 11 is 6.18. The van der Waals surface area contributed by atoms with Crippen molar-refractivity contribution in [2.24, 2.45) is 0 Å². The zero-order chi connectivity index (χ0) is 23.8. The molecular formula is C24H13ClN6O3. The summed E-state index contributed by atoms with van der Waals surface area (Å²) in [4.78, 5) is 44.1. The summed E-state index contributed by atoms with van der Waals surface area (Å²) in [5, 5.41) is 16.5. The summed E-state index contributed by atoms with van der Waals surface area (Å²) in [7, 11) is 0. The SMILES string of the molecule is N#Cc1cnn(-c2ccccn2)c1NC(=O)c1ccc2c(c1)C(=O)N(c1ccccc1Cl)C2=O. The van der Waals surface area contributed by atoms with Crippen LogP contribution in [0, 0.1) is 11.3 Å². The lowest BCUT2D eigenvalue weighted by Gasteiger charge is -2.15. The molecule has 1 N–H and O–H groups in total. The molecule has 0 aliphatic carbocycles. The van der Waals surface area contributed by atoms with Crippen molar-refractivity contribution in [1.29, 1.82) is 5.26 Å². The molecule has 4 aromatic rings. The highest BCUT2D eigenvalue weighted by Gasteiger charge is 2.38. The molecule has 0 unspecified atom stereocenters. The Kier molecular flexibility index (Phi) is 5.12. The van der Waals surface area contributed by atoms with Crippen molar-refractivity contribution in [1.82, 2.24) is 14.8 Å². The van der Waals surface area contributed by atoms with Gasteiger partial charge in [0.2, 0.25) is 0 Å². The summed E-state index contributed by atoms with van der Waals surface area (Å²) < 4.78 is 1.33. The molecule has 9 nitrogen and oxygen atoms in total. The van der Waals surface area contributed by atoms with Crippen molar-refractivity contribution >= 4 is 40.8 Å². The van der Waals surface area contributed by atoms with Crippen molar-refractivity contribution in [2.75, 3.05) is 10.2 Å². The predicted octanol–water partition coefficient (Wildman–Crippen LogP) is 3.85. The van der Waals surface area contributed by atoms with Gasteiger partial charge < -0.3 is 5.32 Å². The van der Waals surface area contributed by atoms with Crippen LogP contribution in [-0.2, 0) is 0 Å². The van der Waals surface area contributed by atoms with Crippen molar-refractivity contribution in [2.45, 2.75) is 0 Å². The Morgan fingerprint density at radius 2 is 1.76 bits per heavy atom. The lowest BCUT2D eigenvalue weighted by Crippen LogP contribution is -2.29. The quantitative estimate of drug-likeness (QED) is 0.454. The van der Waals surface area contributed by atoms with Crippen LogP contribution in [0.4, 0.5) is 11.5 Å². The number of fused-ring (bicyclic) bond motifs is 1. The first-order chi connectivity index (χ1) is 16.5. The maximum atomic E-state index is 13.0. The molecular weight excluding hydrogens is 456 g/mol. The fourth-order valence-electron chi connectivity index (χ4n) is 3.62. The third kappa shape index (κ3) is 3.39. The second-order valence-electron chi connectivity index (χ2n) is 7.23. The highest BCUT2D eigenvalue weighted by molar-refractivity contribution is 6.40. The summed E-state index contributed by atoms with van der Waals surface area (Å²) in [6.45, 7) is 0. The van der Waals surface area contributed by atoms with Crippen LogP contribution in [0.3, 0.4) is 0 Å². The van der Waals surface area contributed by atoms with Gasteiger partial charge in [-0.2, -0.15) is 15.0 Å². The van der Waals surface area contributed by atoms with Crippen molar-refractivity contribution in [3.63, 3.8) is 0 Å². The van der Waals surface area contributed by atoms with E-state index >= 15 is 0 Å². The standard InChI is InChI=1S/C24H13ClN6O3/c25-18-5-1-2-6-19(18)30-23(33)16-9-8-14(11-17(16)24(30)34)22(32)29-21-15(12-26)13-28-31(21)20-7-3-4-10-27-20/h1-11,13H,(H,29,32). The van der Waals surface area contributed by atoms with Crippen LogP contribution in [0.1, 0.15) is 36.6 Å². The number of aromatic nitrogens is 3. The molecule has 1 aliphatic rings. The lowest BCUT2D eigenvalue weighted by atomic mass is 10.1. The third-order valence-electron chi connectivity index (χ3n) is 5.23. The first kappa shape index (κ1) is 21.1. The summed E-state index contributed by atoms with van der Waals surface area (Å²) in [6.07, 6.45) is 2.87. The van der Waals surface area contributed by atoms with Gasteiger partial charge in [-0.05, 0) is 42.5 Å². The fourth-order valence-corrected chi connectivity index (χ4v) is 3.84. The Balaban J connectivity index is 1.48. The second kappa shape index (κ2) is 8.27. The Hall–Kier alpha value is -4.81. The number of rotatable bonds is 4. The number of carbonyl (C=O) groups excluding carboxylic acids is 3. The Bertz CT molecular complexity index is 1520. The Morgan fingerprint density at radius 3 is 2.50 bits per heavy atom. The number of para-hydroxylation sites is 1. The lowest BCUT2D eigenvalue weighted by molar-refractivity contribution is 0.0925. The number of halogens is 1. The number of nitrogens with one attached hydrogen (secondary N) is 1. The van der Waals surface area contributed by atoms with E-state index in [1.807, 2.05) is 6.07 Å². The smallest absolute Gasteiger partial charge is 0.266 e. The number of benzene rings is 2. The molecule has 34 heavy (non-hydrogen) atoms. The van der Waals surface area contributed by atoms with Gasteiger partial charge in [0.1, 0.15) is 11.6 Å². The fraction of sp³-hybridized carbons (Fsp3) is 0. The van der Waals surface area contributed by atoms with E-state index < -0.39 is 17.7 Å². The zero-order valence-electron chi connectivity index (χ0n) is 17.3. The molecule has 5 rings (SSSR count). The summed E-state index contributed by atoms with van der Waals surface area (Å²) in [5.74, 6) is -1.16. The monoisotopic (exact) mass is 468 g/mol. The number of amides is 3. The molecule has 0 spiro atoms. The molecule has 10 heteroatoms. The van der Waals surface area contributed by atoms with E-state index in [1.54, 1.807) is 48.7 Å². The number of carbonyl (C=O) groups is 3.